The first-order valence-corrected chi connectivity index (χ1v) is 8.78. The first-order chi connectivity index (χ1) is 11.5. The molecule has 0 spiro atoms. The molecular weight excluding hydrogens is 299 g/mol. The minimum Gasteiger partial charge on any atom is -0.327 e. The van der Waals surface area contributed by atoms with Gasteiger partial charge in [-0.3, -0.25) is 4.90 Å². The van der Waals surface area contributed by atoms with Crippen LogP contribution in [0.25, 0.3) is 0 Å². The summed E-state index contributed by atoms with van der Waals surface area (Å²) in [7, 11) is 0. The van der Waals surface area contributed by atoms with Gasteiger partial charge in [0.2, 0.25) is 0 Å². The van der Waals surface area contributed by atoms with E-state index >= 15 is 0 Å². The normalized spacial score (nSPS) is 21.8. The van der Waals surface area contributed by atoms with Crippen LogP contribution < -0.4 is 5.73 Å². The summed E-state index contributed by atoms with van der Waals surface area (Å²) in [5.41, 5.74) is 11.4. The van der Waals surface area contributed by atoms with Gasteiger partial charge in [-0.05, 0) is 61.4 Å². The summed E-state index contributed by atoms with van der Waals surface area (Å²) in [6, 6.07) is 13.8. The number of nitrogens with zero attached hydrogens (tertiary/aromatic N) is 1. The van der Waals surface area contributed by atoms with Gasteiger partial charge >= 0.3 is 0 Å². The van der Waals surface area contributed by atoms with E-state index in [1.807, 2.05) is 6.07 Å². The lowest BCUT2D eigenvalue weighted by Crippen LogP contribution is -2.47. The molecule has 1 saturated heterocycles. The third-order valence-corrected chi connectivity index (χ3v) is 4.95. The zero-order valence-electron chi connectivity index (χ0n) is 14.6. The van der Waals surface area contributed by atoms with Crippen LogP contribution in [0.2, 0.25) is 0 Å². The molecule has 2 N–H and O–H groups in total. The van der Waals surface area contributed by atoms with Gasteiger partial charge in [-0.2, -0.15) is 0 Å². The Morgan fingerprint density at radius 3 is 2.71 bits per heavy atom. The highest BCUT2D eigenvalue weighted by molar-refractivity contribution is 5.30. The Bertz CT molecular complexity index is 698. The summed E-state index contributed by atoms with van der Waals surface area (Å²) >= 11 is 0. The van der Waals surface area contributed by atoms with Crippen LogP contribution in [0, 0.1) is 25.6 Å². The fourth-order valence-electron chi connectivity index (χ4n) is 3.89. The lowest BCUT2D eigenvalue weighted by Gasteiger charge is -2.36. The van der Waals surface area contributed by atoms with Gasteiger partial charge in [0.15, 0.2) is 0 Å². The maximum Gasteiger partial charge on any atom is 0.123 e. The molecule has 1 heterocycles. The molecule has 0 aliphatic carbocycles. The van der Waals surface area contributed by atoms with E-state index in [1.54, 1.807) is 12.1 Å². The molecule has 0 amide bonds. The topological polar surface area (TPSA) is 29.3 Å². The van der Waals surface area contributed by atoms with Gasteiger partial charge in [-0.25, -0.2) is 4.39 Å². The second kappa shape index (κ2) is 7.45. The van der Waals surface area contributed by atoms with E-state index in [1.165, 1.54) is 22.8 Å². The molecule has 1 fully saturated rings. The van der Waals surface area contributed by atoms with Gasteiger partial charge in [-0.1, -0.05) is 35.9 Å². The Balaban J connectivity index is 1.66. The Morgan fingerprint density at radius 1 is 1.12 bits per heavy atom. The van der Waals surface area contributed by atoms with Crippen molar-refractivity contribution in [3.8, 4) is 0 Å². The van der Waals surface area contributed by atoms with Crippen molar-refractivity contribution in [3.05, 3.63) is 70.5 Å². The van der Waals surface area contributed by atoms with Crippen molar-refractivity contribution in [2.24, 2.45) is 11.7 Å². The van der Waals surface area contributed by atoms with E-state index in [9.17, 15) is 4.39 Å². The third kappa shape index (κ3) is 4.43. The van der Waals surface area contributed by atoms with Gasteiger partial charge in [0.1, 0.15) is 5.82 Å². The van der Waals surface area contributed by atoms with Crippen molar-refractivity contribution in [1.82, 2.24) is 4.90 Å². The van der Waals surface area contributed by atoms with Crippen LogP contribution in [-0.4, -0.2) is 24.0 Å². The maximum atomic E-state index is 13.4. The van der Waals surface area contributed by atoms with Crippen molar-refractivity contribution < 1.29 is 4.39 Å². The first-order valence-electron chi connectivity index (χ1n) is 8.78. The number of benzene rings is 2. The number of hydrogen-bond acceptors (Lipinski definition) is 2. The molecule has 0 radical (unpaired) electrons. The van der Waals surface area contributed by atoms with Crippen LogP contribution in [0.1, 0.15) is 28.7 Å². The van der Waals surface area contributed by atoms with Gasteiger partial charge in [0, 0.05) is 25.7 Å². The molecule has 128 valence electrons. The van der Waals surface area contributed by atoms with Crippen molar-refractivity contribution in [3.63, 3.8) is 0 Å². The molecular formula is C21H27FN2. The average molecular weight is 326 g/mol. The number of likely N-dealkylation sites (tertiary alicyclic amines) is 1. The standard InChI is InChI=1S/C21H27FN2/c1-15-6-7-19(16(2)8-15)13-24-12-18(11-21(23)14-24)9-17-4-3-5-20(22)10-17/h3-8,10,18,21H,9,11-14,23H2,1-2H3. The molecule has 3 rings (SSSR count). The Hall–Kier alpha value is -1.71. The quantitative estimate of drug-likeness (QED) is 0.925. The smallest absolute Gasteiger partial charge is 0.123 e. The molecule has 2 atom stereocenters. The molecule has 2 aromatic rings. The van der Waals surface area contributed by atoms with Crippen molar-refractivity contribution >= 4 is 0 Å². The SMILES string of the molecule is Cc1ccc(CN2CC(N)CC(Cc3cccc(F)c3)C2)c(C)c1. The summed E-state index contributed by atoms with van der Waals surface area (Å²) in [6.07, 6.45) is 1.91. The molecule has 24 heavy (non-hydrogen) atoms. The van der Waals surface area contributed by atoms with Gasteiger partial charge < -0.3 is 5.73 Å². The largest absolute Gasteiger partial charge is 0.327 e. The van der Waals surface area contributed by atoms with Crippen LogP contribution in [-0.2, 0) is 13.0 Å². The maximum absolute atomic E-state index is 13.4. The van der Waals surface area contributed by atoms with E-state index < -0.39 is 0 Å². The van der Waals surface area contributed by atoms with Gasteiger partial charge in [0.25, 0.3) is 0 Å². The molecule has 1 aliphatic heterocycles. The molecule has 2 unspecified atom stereocenters. The zero-order valence-corrected chi connectivity index (χ0v) is 14.6. The molecule has 2 nitrogen and oxygen atoms in total. The minimum absolute atomic E-state index is 0.153. The second-order valence-corrected chi connectivity index (χ2v) is 7.32. The van der Waals surface area contributed by atoms with Gasteiger partial charge in [-0.15, -0.1) is 0 Å². The van der Waals surface area contributed by atoms with E-state index in [-0.39, 0.29) is 11.9 Å². The molecule has 0 aromatic heterocycles. The minimum atomic E-state index is -0.153. The first kappa shape index (κ1) is 17.1. The molecule has 2 aromatic carbocycles. The number of aryl methyl sites for hydroxylation is 2. The number of piperidine rings is 1. The predicted molar refractivity (Wildman–Crippen MR) is 97.4 cm³/mol. The lowest BCUT2D eigenvalue weighted by molar-refractivity contribution is 0.149. The van der Waals surface area contributed by atoms with E-state index in [0.29, 0.717) is 5.92 Å². The van der Waals surface area contributed by atoms with Gasteiger partial charge in [0.05, 0.1) is 0 Å². The summed E-state index contributed by atoms with van der Waals surface area (Å²) in [4.78, 5) is 2.45. The molecule has 0 bridgehead atoms. The van der Waals surface area contributed by atoms with Crippen LogP contribution in [0.5, 0.6) is 0 Å². The second-order valence-electron chi connectivity index (χ2n) is 7.32. The van der Waals surface area contributed by atoms with E-state index in [0.717, 1.165) is 38.0 Å². The van der Waals surface area contributed by atoms with Crippen molar-refractivity contribution in [1.29, 1.82) is 0 Å². The summed E-state index contributed by atoms with van der Waals surface area (Å²) in [5, 5.41) is 0. The van der Waals surface area contributed by atoms with Crippen LogP contribution in [0.4, 0.5) is 4.39 Å². The highest BCUT2D eigenvalue weighted by Crippen LogP contribution is 2.23. The summed E-state index contributed by atoms with van der Waals surface area (Å²) < 4.78 is 13.4. The van der Waals surface area contributed by atoms with E-state index in [4.69, 9.17) is 5.73 Å². The third-order valence-electron chi connectivity index (χ3n) is 4.95. The zero-order chi connectivity index (χ0) is 17.1. The lowest BCUT2D eigenvalue weighted by atomic mass is 9.88. The fourth-order valence-corrected chi connectivity index (χ4v) is 3.89. The van der Waals surface area contributed by atoms with Crippen molar-refractivity contribution in [2.75, 3.05) is 13.1 Å². The summed E-state index contributed by atoms with van der Waals surface area (Å²) in [6.45, 7) is 7.21. The highest BCUT2D eigenvalue weighted by Gasteiger charge is 2.25. The molecule has 1 aliphatic rings. The predicted octanol–water partition coefficient (Wildman–Crippen LogP) is 3.83. The molecule has 0 saturated carbocycles. The Kier molecular flexibility index (Phi) is 5.32. The number of nitrogens with two attached hydrogens (primary N) is 1. The average Bonchev–Trinajstić information content (AvgIpc) is 2.49. The Labute approximate surface area is 144 Å². The Morgan fingerprint density at radius 2 is 1.96 bits per heavy atom. The fraction of sp³-hybridized carbons (Fsp3) is 0.429. The van der Waals surface area contributed by atoms with Crippen molar-refractivity contribution in [2.45, 2.75) is 39.3 Å². The summed E-state index contributed by atoms with van der Waals surface area (Å²) in [5.74, 6) is 0.334. The van der Waals surface area contributed by atoms with Crippen LogP contribution in [0.3, 0.4) is 0 Å². The van der Waals surface area contributed by atoms with E-state index in [2.05, 4.69) is 36.9 Å². The molecule has 3 heteroatoms. The van der Waals surface area contributed by atoms with Crippen LogP contribution >= 0.6 is 0 Å². The monoisotopic (exact) mass is 326 g/mol. The number of rotatable bonds is 4. The number of halogens is 1. The number of hydrogen-bond donors (Lipinski definition) is 1. The van der Waals surface area contributed by atoms with Crippen LogP contribution in [0.15, 0.2) is 42.5 Å². The highest BCUT2D eigenvalue weighted by atomic mass is 19.1.